The fourth-order valence-electron chi connectivity index (χ4n) is 2.72. The van der Waals surface area contributed by atoms with E-state index >= 15 is 0 Å². The number of ether oxygens (including phenoxy) is 1. The van der Waals surface area contributed by atoms with Gasteiger partial charge >= 0.3 is 5.97 Å². The molecule has 0 saturated carbocycles. The summed E-state index contributed by atoms with van der Waals surface area (Å²) in [5, 5.41) is 15.4. The number of hydrogen-bond donors (Lipinski definition) is 1. The molecule has 136 valence electrons. The number of anilines is 1. The SMILES string of the molecule is Cc1cc(C(=O)OCC(=O)Nc2cccc3ccccc23)ccc1[N+](=O)[O-]. The molecule has 0 atom stereocenters. The number of nitro groups is 1. The van der Waals surface area contributed by atoms with Crippen molar-refractivity contribution in [3.05, 3.63) is 81.9 Å². The molecule has 0 aliphatic carbocycles. The van der Waals surface area contributed by atoms with Gasteiger partial charge in [0.2, 0.25) is 0 Å². The lowest BCUT2D eigenvalue weighted by Gasteiger charge is -2.09. The summed E-state index contributed by atoms with van der Waals surface area (Å²) in [6, 6.07) is 17.0. The molecule has 0 fully saturated rings. The van der Waals surface area contributed by atoms with Gasteiger partial charge < -0.3 is 10.1 Å². The number of nitro benzene ring substituents is 1. The first-order chi connectivity index (χ1) is 13.0. The first-order valence-corrected chi connectivity index (χ1v) is 8.15. The van der Waals surface area contributed by atoms with E-state index in [1.54, 1.807) is 6.07 Å². The van der Waals surface area contributed by atoms with Crippen LogP contribution in [0.15, 0.2) is 60.7 Å². The normalized spacial score (nSPS) is 10.4. The minimum absolute atomic E-state index is 0.0831. The first-order valence-electron chi connectivity index (χ1n) is 8.15. The second-order valence-corrected chi connectivity index (χ2v) is 5.91. The number of hydrogen-bond acceptors (Lipinski definition) is 5. The Labute approximate surface area is 154 Å². The van der Waals surface area contributed by atoms with E-state index < -0.39 is 23.4 Å². The summed E-state index contributed by atoms with van der Waals surface area (Å²) in [6.45, 7) is 1.07. The molecule has 0 unspecified atom stereocenters. The fourth-order valence-corrected chi connectivity index (χ4v) is 2.72. The van der Waals surface area contributed by atoms with Crippen molar-refractivity contribution in [3.63, 3.8) is 0 Å². The number of nitrogens with one attached hydrogen (secondary N) is 1. The Hall–Kier alpha value is -3.74. The van der Waals surface area contributed by atoms with Gasteiger partial charge in [0.15, 0.2) is 6.61 Å². The third kappa shape index (κ3) is 4.09. The Morgan fingerprint density at radius 2 is 1.81 bits per heavy atom. The zero-order chi connectivity index (χ0) is 19.4. The summed E-state index contributed by atoms with van der Waals surface area (Å²) >= 11 is 0. The molecule has 0 spiro atoms. The van der Waals surface area contributed by atoms with Gasteiger partial charge in [-0.1, -0.05) is 36.4 Å². The van der Waals surface area contributed by atoms with Crippen LogP contribution in [0.5, 0.6) is 0 Å². The molecule has 27 heavy (non-hydrogen) atoms. The van der Waals surface area contributed by atoms with Crippen molar-refractivity contribution in [2.75, 3.05) is 11.9 Å². The lowest BCUT2D eigenvalue weighted by molar-refractivity contribution is -0.385. The number of amides is 1. The zero-order valence-electron chi connectivity index (χ0n) is 14.5. The van der Waals surface area contributed by atoms with Crippen molar-refractivity contribution in [2.45, 2.75) is 6.92 Å². The van der Waals surface area contributed by atoms with Gasteiger partial charge in [-0.3, -0.25) is 14.9 Å². The maximum atomic E-state index is 12.1. The van der Waals surface area contributed by atoms with Crippen LogP contribution >= 0.6 is 0 Å². The van der Waals surface area contributed by atoms with Gasteiger partial charge in [-0.15, -0.1) is 0 Å². The molecule has 1 amide bonds. The number of aryl methyl sites for hydroxylation is 1. The van der Waals surface area contributed by atoms with Crippen molar-refractivity contribution in [1.29, 1.82) is 0 Å². The number of nitrogens with zero attached hydrogens (tertiary/aromatic N) is 1. The maximum absolute atomic E-state index is 12.1. The second kappa shape index (κ2) is 7.65. The molecule has 0 aromatic heterocycles. The Morgan fingerprint density at radius 3 is 2.56 bits per heavy atom. The lowest BCUT2D eigenvalue weighted by atomic mass is 10.1. The van der Waals surface area contributed by atoms with Crippen molar-refractivity contribution < 1.29 is 19.2 Å². The van der Waals surface area contributed by atoms with Crippen LogP contribution in [0, 0.1) is 17.0 Å². The van der Waals surface area contributed by atoms with E-state index in [1.807, 2.05) is 36.4 Å². The summed E-state index contributed by atoms with van der Waals surface area (Å²) in [4.78, 5) is 34.5. The standard InChI is InChI=1S/C20H16N2O5/c1-13-11-15(9-10-18(13)22(25)26)20(24)27-12-19(23)21-17-8-4-6-14-5-2-3-7-16(14)17/h2-11H,12H2,1H3,(H,21,23). The van der Waals surface area contributed by atoms with Crippen LogP contribution in [0.2, 0.25) is 0 Å². The Kier molecular flexibility index (Phi) is 5.12. The van der Waals surface area contributed by atoms with Gasteiger partial charge in [0, 0.05) is 22.7 Å². The van der Waals surface area contributed by atoms with E-state index in [0.29, 0.717) is 11.3 Å². The zero-order valence-corrected chi connectivity index (χ0v) is 14.5. The van der Waals surface area contributed by atoms with E-state index in [9.17, 15) is 19.7 Å². The Balaban J connectivity index is 1.64. The minimum Gasteiger partial charge on any atom is -0.452 e. The van der Waals surface area contributed by atoms with Crippen LogP contribution in [0.25, 0.3) is 10.8 Å². The van der Waals surface area contributed by atoms with Crippen molar-refractivity contribution in [2.24, 2.45) is 0 Å². The van der Waals surface area contributed by atoms with Gasteiger partial charge in [0.05, 0.1) is 10.5 Å². The van der Waals surface area contributed by atoms with Gasteiger partial charge in [-0.25, -0.2) is 4.79 Å². The molecule has 3 aromatic rings. The molecule has 3 rings (SSSR count). The molecular weight excluding hydrogens is 348 g/mol. The minimum atomic E-state index is -0.721. The van der Waals surface area contributed by atoms with E-state index in [4.69, 9.17) is 4.74 Å². The second-order valence-electron chi connectivity index (χ2n) is 5.91. The number of fused-ring (bicyclic) bond motifs is 1. The topological polar surface area (TPSA) is 98.5 Å². The van der Waals surface area contributed by atoms with Gasteiger partial charge in [-0.2, -0.15) is 0 Å². The predicted molar refractivity (Wildman–Crippen MR) is 101 cm³/mol. The summed E-state index contributed by atoms with van der Waals surface area (Å²) < 4.78 is 5.01. The number of carbonyl (C=O) groups excluding carboxylic acids is 2. The number of benzene rings is 3. The molecule has 0 aliphatic heterocycles. The van der Waals surface area contributed by atoms with Crippen LogP contribution in [0.4, 0.5) is 11.4 Å². The third-order valence-corrected chi connectivity index (χ3v) is 4.03. The molecule has 0 aliphatic rings. The van der Waals surface area contributed by atoms with Crippen LogP contribution in [-0.4, -0.2) is 23.4 Å². The number of carbonyl (C=O) groups is 2. The van der Waals surface area contributed by atoms with E-state index in [1.165, 1.54) is 25.1 Å². The smallest absolute Gasteiger partial charge is 0.338 e. The van der Waals surface area contributed by atoms with E-state index in [0.717, 1.165) is 10.8 Å². The van der Waals surface area contributed by atoms with Gasteiger partial charge in [0.25, 0.3) is 11.6 Å². The molecule has 7 nitrogen and oxygen atoms in total. The highest BCUT2D eigenvalue weighted by molar-refractivity contribution is 6.03. The third-order valence-electron chi connectivity index (χ3n) is 4.03. The lowest BCUT2D eigenvalue weighted by Crippen LogP contribution is -2.21. The fraction of sp³-hybridized carbons (Fsp3) is 0.100. The highest BCUT2D eigenvalue weighted by Gasteiger charge is 2.16. The van der Waals surface area contributed by atoms with Crippen LogP contribution in [0.1, 0.15) is 15.9 Å². The molecule has 0 radical (unpaired) electrons. The Bertz CT molecular complexity index is 1040. The highest BCUT2D eigenvalue weighted by atomic mass is 16.6. The predicted octanol–water partition coefficient (Wildman–Crippen LogP) is 3.85. The quantitative estimate of drug-likeness (QED) is 0.421. The highest BCUT2D eigenvalue weighted by Crippen LogP contribution is 2.23. The monoisotopic (exact) mass is 364 g/mol. The number of rotatable bonds is 5. The van der Waals surface area contributed by atoms with Gasteiger partial charge in [0.1, 0.15) is 0 Å². The largest absolute Gasteiger partial charge is 0.452 e. The molecule has 0 heterocycles. The molecule has 0 bridgehead atoms. The summed E-state index contributed by atoms with van der Waals surface area (Å²) in [7, 11) is 0. The average molecular weight is 364 g/mol. The average Bonchev–Trinajstić information content (AvgIpc) is 2.66. The summed E-state index contributed by atoms with van der Waals surface area (Å²) in [5.74, 6) is -1.19. The van der Waals surface area contributed by atoms with E-state index in [-0.39, 0.29) is 11.3 Å². The maximum Gasteiger partial charge on any atom is 0.338 e. The van der Waals surface area contributed by atoms with Gasteiger partial charge in [-0.05, 0) is 30.5 Å². The van der Waals surface area contributed by atoms with E-state index in [2.05, 4.69) is 5.32 Å². The van der Waals surface area contributed by atoms with Crippen LogP contribution in [0.3, 0.4) is 0 Å². The summed E-state index contributed by atoms with van der Waals surface area (Å²) in [5.41, 5.74) is 1.03. The van der Waals surface area contributed by atoms with Crippen molar-refractivity contribution in [3.8, 4) is 0 Å². The van der Waals surface area contributed by atoms with Crippen LogP contribution in [-0.2, 0) is 9.53 Å². The molecule has 0 saturated heterocycles. The summed E-state index contributed by atoms with van der Waals surface area (Å²) in [6.07, 6.45) is 0. The number of esters is 1. The molecule has 7 heteroatoms. The van der Waals surface area contributed by atoms with Crippen molar-refractivity contribution >= 4 is 34.0 Å². The molecular formula is C20H16N2O5. The molecule has 1 N–H and O–H groups in total. The Morgan fingerprint density at radius 1 is 1.07 bits per heavy atom. The first kappa shape index (κ1) is 18.1. The van der Waals surface area contributed by atoms with Crippen molar-refractivity contribution in [1.82, 2.24) is 0 Å². The van der Waals surface area contributed by atoms with Crippen LogP contribution < -0.4 is 5.32 Å². The molecule has 3 aromatic carbocycles.